The molecule has 0 aliphatic carbocycles. The predicted octanol–water partition coefficient (Wildman–Crippen LogP) is 8.19. The van der Waals surface area contributed by atoms with E-state index in [1.54, 1.807) is 0 Å². The minimum Gasteiger partial charge on any atom is -0.465 e. The smallest absolute Gasteiger partial charge is 0.305 e. The van der Waals surface area contributed by atoms with Gasteiger partial charge in [-0.2, -0.15) is 0 Å². The zero-order valence-corrected chi connectivity index (χ0v) is 19.7. The Labute approximate surface area is 181 Å². The van der Waals surface area contributed by atoms with E-state index in [1.165, 1.54) is 103 Å². The number of unbranched alkanes of at least 4 members (excludes halogenated alkanes) is 14. The number of carbonyl (C=O) groups is 2. The summed E-state index contributed by atoms with van der Waals surface area (Å²) >= 11 is 0. The first-order chi connectivity index (χ1) is 14.2. The van der Waals surface area contributed by atoms with Crippen molar-refractivity contribution in [2.75, 3.05) is 6.61 Å². The first-order valence-corrected chi connectivity index (χ1v) is 12.8. The Morgan fingerprint density at radius 1 is 0.690 bits per heavy atom. The normalized spacial score (nSPS) is 12.1. The molecule has 0 radical (unpaired) electrons. The Morgan fingerprint density at radius 3 is 1.66 bits per heavy atom. The summed E-state index contributed by atoms with van der Waals surface area (Å²) in [6, 6.07) is 0. The van der Waals surface area contributed by atoms with E-state index in [0.29, 0.717) is 25.4 Å². The minimum atomic E-state index is -0.0835. The maximum atomic E-state index is 11.9. The Morgan fingerprint density at radius 2 is 1.17 bits per heavy atom. The highest BCUT2D eigenvalue weighted by atomic mass is 16.5. The molecule has 0 saturated heterocycles. The third kappa shape index (κ3) is 21.7. The van der Waals surface area contributed by atoms with Crippen molar-refractivity contribution in [1.29, 1.82) is 0 Å². The molecule has 0 N–H and O–H groups in total. The summed E-state index contributed by atoms with van der Waals surface area (Å²) < 4.78 is 5.58. The molecule has 3 heteroatoms. The third-order valence-corrected chi connectivity index (χ3v) is 5.86. The zero-order valence-electron chi connectivity index (χ0n) is 19.7. The molecule has 0 aliphatic rings. The second-order valence-electron chi connectivity index (χ2n) is 8.78. The first kappa shape index (κ1) is 28.1. The van der Waals surface area contributed by atoms with E-state index in [-0.39, 0.29) is 5.97 Å². The van der Waals surface area contributed by atoms with Gasteiger partial charge in [-0.3, -0.25) is 4.79 Å². The van der Waals surface area contributed by atoms with Crippen LogP contribution in [0.3, 0.4) is 0 Å². The van der Waals surface area contributed by atoms with Gasteiger partial charge in [-0.15, -0.1) is 0 Å². The van der Waals surface area contributed by atoms with Crippen molar-refractivity contribution in [3.8, 4) is 0 Å². The van der Waals surface area contributed by atoms with Crippen LogP contribution in [-0.2, 0) is 14.3 Å². The summed E-state index contributed by atoms with van der Waals surface area (Å²) in [5, 5.41) is 0. The van der Waals surface area contributed by atoms with Gasteiger partial charge in [-0.25, -0.2) is 0 Å². The maximum Gasteiger partial charge on any atom is 0.305 e. The van der Waals surface area contributed by atoms with E-state index in [2.05, 4.69) is 13.8 Å². The van der Waals surface area contributed by atoms with E-state index in [1.807, 2.05) is 0 Å². The minimum absolute atomic E-state index is 0.0835. The van der Waals surface area contributed by atoms with Crippen LogP contribution in [0.5, 0.6) is 0 Å². The van der Waals surface area contributed by atoms with Crippen LogP contribution in [0.2, 0.25) is 0 Å². The first-order valence-electron chi connectivity index (χ1n) is 12.8. The van der Waals surface area contributed by atoms with Gasteiger partial charge in [0.25, 0.3) is 0 Å². The lowest BCUT2D eigenvalue weighted by atomic mass is 9.94. The van der Waals surface area contributed by atoms with Crippen molar-refractivity contribution >= 4 is 12.3 Å². The predicted molar refractivity (Wildman–Crippen MR) is 124 cm³/mol. The molecule has 0 rings (SSSR count). The lowest BCUT2D eigenvalue weighted by Crippen LogP contribution is -2.14. The summed E-state index contributed by atoms with van der Waals surface area (Å²) in [5.74, 6) is 0.444. The average molecular weight is 411 g/mol. The number of rotatable bonds is 23. The van der Waals surface area contributed by atoms with Gasteiger partial charge in [-0.05, 0) is 31.6 Å². The van der Waals surface area contributed by atoms with Crippen molar-refractivity contribution < 1.29 is 14.3 Å². The summed E-state index contributed by atoms with van der Waals surface area (Å²) in [7, 11) is 0. The molecule has 29 heavy (non-hydrogen) atoms. The number of aldehydes is 1. The van der Waals surface area contributed by atoms with Gasteiger partial charge >= 0.3 is 5.97 Å². The highest BCUT2D eigenvalue weighted by Crippen LogP contribution is 2.20. The average Bonchev–Trinajstić information content (AvgIpc) is 2.73. The molecule has 0 amide bonds. The molecule has 0 saturated carbocycles. The number of hydrogen-bond acceptors (Lipinski definition) is 3. The van der Waals surface area contributed by atoms with Gasteiger partial charge < -0.3 is 9.53 Å². The van der Waals surface area contributed by atoms with Crippen molar-refractivity contribution in [2.45, 2.75) is 142 Å². The van der Waals surface area contributed by atoms with Crippen molar-refractivity contribution in [1.82, 2.24) is 0 Å². The summed E-state index contributed by atoms with van der Waals surface area (Å²) in [6.07, 6.45) is 24.6. The largest absolute Gasteiger partial charge is 0.465 e. The summed E-state index contributed by atoms with van der Waals surface area (Å²) in [4.78, 5) is 22.3. The quantitative estimate of drug-likeness (QED) is 0.0968. The van der Waals surface area contributed by atoms with Crippen LogP contribution in [0.25, 0.3) is 0 Å². The van der Waals surface area contributed by atoms with Crippen LogP contribution in [-0.4, -0.2) is 18.9 Å². The van der Waals surface area contributed by atoms with E-state index >= 15 is 0 Å². The topological polar surface area (TPSA) is 43.4 Å². The van der Waals surface area contributed by atoms with Crippen LogP contribution < -0.4 is 0 Å². The standard InChI is InChI=1S/C26H50O3/c1-3-5-7-9-11-12-14-17-21-25(20-16-13-10-8-6-4-2)24-29-26(28)22-18-15-19-23-27/h23,25H,3-22,24H2,1-2H3. The molecule has 0 fully saturated rings. The molecule has 1 atom stereocenters. The van der Waals surface area contributed by atoms with E-state index in [9.17, 15) is 9.59 Å². The van der Waals surface area contributed by atoms with E-state index in [4.69, 9.17) is 4.74 Å². The number of esters is 1. The fraction of sp³-hybridized carbons (Fsp3) is 0.923. The number of ether oxygens (including phenoxy) is 1. The highest BCUT2D eigenvalue weighted by molar-refractivity contribution is 5.69. The SMILES string of the molecule is CCCCCCCCCCC(CCCCCCCC)COC(=O)CCCCC=O. The molecule has 0 aromatic heterocycles. The molecule has 0 aliphatic heterocycles. The lowest BCUT2D eigenvalue weighted by molar-refractivity contribution is -0.145. The molecule has 3 nitrogen and oxygen atoms in total. The number of carbonyl (C=O) groups excluding carboxylic acids is 2. The fourth-order valence-corrected chi connectivity index (χ4v) is 3.87. The Bertz CT molecular complexity index is 354. The van der Waals surface area contributed by atoms with Crippen LogP contribution >= 0.6 is 0 Å². The molecule has 0 spiro atoms. The van der Waals surface area contributed by atoms with Crippen molar-refractivity contribution in [3.63, 3.8) is 0 Å². The molecular weight excluding hydrogens is 360 g/mol. The Balaban J connectivity index is 3.98. The Kier molecular flexibility index (Phi) is 22.7. The second kappa shape index (κ2) is 23.4. The van der Waals surface area contributed by atoms with Crippen molar-refractivity contribution in [2.24, 2.45) is 5.92 Å². The summed E-state index contributed by atoms with van der Waals surface area (Å²) in [5.41, 5.74) is 0. The zero-order chi connectivity index (χ0) is 21.4. The monoisotopic (exact) mass is 410 g/mol. The lowest BCUT2D eigenvalue weighted by Gasteiger charge is -2.17. The van der Waals surface area contributed by atoms with Crippen molar-refractivity contribution in [3.05, 3.63) is 0 Å². The van der Waals surface area contributed by atoms with Crippen LogP contribution in [0.15, 0.2) is 0 Å². The van der Waals surface area contributed by atoms with Gasteiger partial charge in [0.2, 0.25) is 0 Å². The van der Waals surface area contributed by atoms with Crippen LogP contribution in [0, 0.1) is 5.92 Å². The molecule has 0 aromatic rings. The van der Waals surface area contributed by atoms with Crippen LogP contribution in [0.1, 0.15) is 142 Å². The van der Waals surface area contributed by atoms with Gasteiger partial charge in [-0.1, -0.05) is 104 Å². The van der Waals surface area contributed by atoms with E-state index < -0.39 is 0 Å². The Hall–Kier alpha value is -0.860. The molecule has 0 aromatic carbocycles. The van der Waals surface area contributed by atoms with Gasteiger partial charge in [0.15, 0.2) is 0 Å². The molecular formula is C26H50O3. The molecule has 172 valence electrons. The number of hydrogen-bond donors (Lipinski definition) is 0. The van der Waals surface area contributed by atoms with Gasteiger partial charge in [0, 0.05) is 12.8 Å². The maximum absolute atomic E-state index is 11.9. The highest BCUT2D eigenvalue weighted by Gasteiger charge is 2.12. The van der Waals surface area contributed by atoms with E-state index in [0.717, 1.165) is 19.1 Å². The van der Waals surface area contributed by atoms with Gasteiger partial charge in [0.05, 0.1) is 6.61 Å². The summed E-state index contributed by atoms with van der Waals surface area (Å²) in [6.45, 7) is 5.12. The fourth-order valence-electron chi connectivity index (χ4n) is 3.87. The molecule has 0 bridgehead atoms. The van der Waals surface area contributed by atoms with Gasteiger partial charge in [0.1, 0.15) is 6.29 Å². The third-order valence-electron chi connectivity index (χ3n) is 5.86. The van der Waals surface area contributed by atoms with Crippen LogP contribution in [0.4, 0.5) is 0 Å². The second-order valence-corrected chi connectivity index (χ2v) is 8.78. The molecule has 1 unspecified atom stereocenters. The molecule has 0 heterocycles.